The third-order valence-corrected chi connectivity index (χ3v) is 4.02. The van der Waals surface area contributed by atoms with Crippen molar-refractivity contribution in [3.05, 3.63) is 35.9 Å². The molecule has 1 aromatic carbocycles. The molecule has 0 spiro atoms. The Labute approximate surface area is 120 Å². The molecule has 20 heavy (non-hydrogen) atoms. The zero-order valence-electron chi connectivity index (χ0n) is 12.0. The highest BCUT2D eigenvalue weighted by molar-refractivity contribution is 7.90. The summed E-state index contributed by atoms with van der Waals surface area (Å²) in [5.41, 5.74) is 0.846. The van der Waals surface area contributed by atoms with Gasteiger partial charge in [-0.25, -0.2) is 8.42 Å². The lowest BCUT2D eigenvalue weighted by molar-refractivity contribution is -0.142. The summed E-state index contributed by atoms with van der Waals surface area (Å²) < 4.78 is 27.2. The molecule has 5 nitrogen and oxygen atoms in total. The third kappa shape index (κ3) is 5.71. The molecule has 1 rings (SSSR count). The number of carbonyl (C=O) groups excluding carboxylic acids is 1. The molecule has 0 bridgehead atoms. The Kier molecular flexibility index (Phi) is 6.16. The van der Waals surface area contributed by atoms with Crippen LogP contribution in [-0.4, -0.2) is 46.1 Å². The summed E-state index contributed by atoms with van der Waals surface area (Å²) in [4.78, 5) is 11.8. The average Bonchev–Trinajstić information content (AvgIpc) is 2.37. The highest BCUT2D eigenvalue weighted by Gasteiger charge is 2.22. The summed E-state index contributed by atoms with van der Waals surface area (Å²) in [5.74, 6) is -0.742. The zero-order chi connectivity index (χ0) is 15.2. The van der Waals surface area contributed by atoms with E-state index in [1.54, 1.807) is 6.92 Å². The van der Waals surface area contributed by atoms with Gasteiger partial charge >= 0.3 is 5.97 Å². The molecule has 0 radical (unpaired) electrons. The van der Waals surface area contributed by atoms with Crippen molar-refractivity contribution >= 4 is 15.8 Å². The van der Waals surface area contributed by atoms with E-state index in [1.165, 1.54) is 13.4 Å². The molecule has 0 aliphatic heterocycles. The van der Waals surface area contributed by atoms with Crippen LogP contribution in [0.4, 0.5) is 0 Å². The van der Waals surface area contributed by atoms with E-state index in [4.69, 9.17) is 4.74 Å². The maximum absolute atomic E-state index is 11.8. The van der Waals surface area contributed by atoms with E-state index in [9.17, 15) is 13.2 Å². The fraction of sp³-hybridized carbons (Fsp3) is 0.500. The predicted molar refractivity (Wildman–Crippen MR) is 78.4 cm³/mol. The first-order chi connectivity index (χ1) is 9.33. The van der Waals surface area contributed by atoms with Gasteiger partial charge in [0, 0.05) is 18.8 Å². The Morgan fingerprint density at radius 2 is 1.90 bits per heavy atom. The lowest BCUT2D eigenvalue weighted by Gasteiger charge is -2.19. The van der Waals surface area contributed by atoms with Crippen LogP contribution in [0, 0.1) is 0 Å². The van der Waals surface area contributed by atoms with Gasteiger partial charge in [0.05, 0.1) is 18.8 Å². The van der Waals surface area contributed by atoms with Gasteiger partial charge in [0.25, 0.3) is 0 Å². The van der Waals surface area contributed by atoms with Crippen molar-refractivity contribution in [3.63, 3.8) is 0 Å². The fourth-order valence-corrected chi connectivity index (χ4v) is 3.02. The van der Waals surface area contributed by atoms with Gasteiger partial charge in [-0.1, -0.05) is 30.3 Å². The predicted octanol–water partition coefficient (Wildman–Crippen LogP) is 0.966. The minimum atomic E-state index is -3.04. The molecule has 6 heteroatoms. The molecule has 0 heterocycles. The molecule has 0 saturated heterocycles. The molecular formula is C14H21NO4S. The summed E-state index contributed by atoms with van der Waals surface area (Å²) in [6.45, 7) is 2.12. The van der Waals surface area contributed by atoms with Gasteiger partial charge in [-0.05, 0) is 12.5 Å². The van der Waals surface area contributed by atoms with E-state index in [2.05, 4.69) is 5.32 Å². The summed E-state index contributed by atoms with van der Waals surface area (Å²) in [6.07, 6.45) is 1.19. The summed E-state index contributed by atoms with van der Waals surface area (Å²) in [5, 5.41) is 3.07. The van der Waals surface area contributed by atoms with Crippen LogP contribution in [0.5, 0.6) is 0 Å². The van der Waals surface area contributed by atoms with Gasteiger partial charge in [0.2, 0.25) is 0 Å². The monoisotopic (exact) mass is 299 g/mol. The van der Waals surface area contributed by atoms with Crippen LogP contribution in [0.25, 0.3) is 0 Å². The Morgan fingerprint density at radius 3 is 2.40 bits per heavy atom. The van der Waals surface area contributed by atoms with Crippen molar-refractivity contribution in [2.75, 3.05) is 25.7 Å². The SMILES string of the molecule is COC(=O)C(CNC(C)CS(C)(=O)=O)c1ccccc1. The number of benzene rings is 1. The van der Waals surface area contributed by atoms with Crippen LogP contribution in [0.15, 0.2) is 30.3 Å². The fourth-order valence-electron chi connectivity index (χ4n) is 2.00. The Hall–Kier alpha value is -1.40. The highest BCUT2D eigenvalue weighted by atomic mass is 32.2. The van der Waals surface area contributed by atoms with E-state index in [-0.39, 0.29) is 17.8 Å². The van der Waals surface area contributed by atoms with E-state index in [1.807, 2.05) is 30.3 Å². The standard InChI is InChI=1S/C14H21NO4S/c1-11(10-20(3,17)18)15-9-13(14(16)19-2)12-7-5-4-6-8-12/h4-8,11,13,15H,9-10H2,1-3H3. The van der Waals surface area contributed by atoms with Crippen LogP contribution < -0.4 is 5.32 Å². The van der Waals surface area contributed by atoms with Gasteiger partial charge in [-0.15, -0.1) is 0 Å². The molecule has 0 fully saturated rings. The first-order valence-corrected chi connectivity index (χ1v) is 8.43. The van der Waals surface area contributed by atoms with Crippen LogP contribution >= 0.6 is 0 Å². The maximum atomic E-state index is 11.8. The molecule has 1 aromatic rings. The molecule has 2 unspecified atom stereocenters. The van der Waals surface area contributed by atoms with Crippen molar-refractivity contribution in [1.82, 2.24) is 5.32 Å². The highest BCUT2D eigenvalue weighted by Crippen LogP contribution is 2.16. The van der Waals surface area contributed by atoms with Crippen molar-refractivity contribution in [1.29, 1.82) is 0 Å². The molecule has 2 atom stereocenters. The molecule has 112 valence electrons. The Bertz CT molecular complexity index is 527. The second-order valence-electron chi connectivity index (χ2n) is 4.89. The number of hydrogen-bond acceptors (Lipinski definition) is 5. The van der Waals surface area contributed by atoms with Crippen LogP contribution in [0.1, 0.15) is 18.4 Å². The van der Waals surface area contributed by atoms with Crippen molar-refractivity contribution in [2.24, 2.45) is 0 Å². The molecule has 0 aromatic heterocycles. The van der Waals surface area contributed by atoms with Crippen LogP contribution in [-0.2, 0) is 19.4 Å². The van der Waals surface area contributed by atoms with Crippen molar-refractivity contribution < 1.29 is 17.9 Å². The summed E-state index contributed by atoms with van der Waals surface area (Å²) in [7, 11) is -1.69. The normalized spacial score (nSPS) is 14.6. The molecule has 0 amide bonds. The van der Waals surface area contributed by atoms with E-state index < -0.39 is 15.8 Å². The first kappa shape index (κ1) is 16.7. The van der Waals surface area contributed by atoms with Gasteiger partial charge in [-0.3, -0.25) is 4.79 Å². The molecule has 0 aliphatic carbocycles. The molecule has 0 saturated carbocycles. The smallest absolute Gasteiger partial charge is 0.314 e. The number of esters is 1. The lowest BCUT2D eigenvalue weighted by atomic mass is 9.99. The second-order valence-corrected chi connectivity index (χ2v) is 7.07. The summed E-state index contributed by atoms with van der Waals surface area (Å²) in [6, 6.07) is 9.06. The second kappa shape index (κ2) is 7.40. The number of methoxy groups -OCH3 is 1. The first-order valence-electron chi connectivity index (χ1n) is 6.37. The maximum Gasteiger partial charge on any atom is 0.314 e. The van der Waals surface area contributed by atoms with Gasteiger partial charge in [-0.2, -0.15) is 0 Å². The molecular weight excluding hydrogens is 278 g/mol. The van der Waals surface area contributed by atoms with Crippen molar-refractivity contribution in [2.45, 2.75) is 18.9 Å². The number of ether oxygens (including phenoxy) is 1. The quantitative estimate of drug-likeness (QED) is 0.759. The molecule has 1 N–H and O–H groups in total. The summed E-state index contributed by atoms with van der Waals surface area (Å²) >= 11 is 0. The topological polar surface area (TPSA) is 72.5 Å². The number of hydrogen-bond donors (Lipinski definition) is 1. The number of carbonyl (C=O) groups is 1. The van der Waals surface area contributed by atoms with Crippen LogP contribution in [0.2, 0.25) is 0 Å². The van der Waals surface area contributed by atoms with E-state index >= 15 is 0 Å². The third-order valence-electron chi connectivity index (χ3n) is 2.91. The number of nitrogens with one attached hydrogen (secondary N) is 1. The van der Waals surface area contributed by atoms with Gasteiger partial charge in [0.15, 0.2) is 0 Å². The molecule has 0 aliphatic rings. The zero-order valence-corrected chi connectivity index (χ0v) is 12.8. The number of rotatable bonds is 7. The Morgan fingerprint density at radius 1 is 1.30 bits per heavy atom. The lowest BCUT2D eigenvalue weighted by Crippen LogP contribution is -2.37. The number of sulfone groups is 1. The van der Waals surface area contributed by atoms with Gasteiger partial charge < -0.3 is 10.1 Å². The largest absolute Gasteiger partial charge is 0.469 e. The van der Waals surface area contributed by atoms with E-state index in [0.29, 0.717) is 6.54 Å². The van der Waals surface area contributed by atoms with Crippen molar-refractivity contribution in [3.8, 4) is 0 Å². The Balaban J connectivity index is 2.70. The van der Waals surface area contributed by atoms with E-state index in [0.717, 1.165) is 5.56 Å². The average molecular weight is 299 g/mol. The van der Waals surface area contributed by atoms with Gasteiger partial charge in [0.1, 0.15) is 9.84 Å². The minimum absolute atomic E-state index is 0.0374. The minimum Gasteiger partial charge on any atom is -0.469 e. The van der Waals surface area contributed by atoms with Crippen LogP contribution in [0.3, 0.4) is 0 Å².